The molecule has 0 aliphatic carbocycles. The highest BCUT2D eigenvalue weighted by Crippen LogP contribution is 2.35. The van der Waals surface area contributed by atoms with Crippen molar-refractivity contribution in [2.24, 2.45) is 0 Å². The maximum absolute atomic E-state index is 15.1. The molecule has 0 saturated carbocycles. The van der Waals surface area contributed by atoms with E-state index in [4.69, 9.17) is 10.5 Å². The zero-order chi connectivity index (χ0) is 28.6. The lowest BCUT2D eigenvalue weighted by molar-refractivity contribution is -0.137. The number of aromatic nitrogens is 3. The van der Waals surface area contributed by atoms with Crippen LogP contribution in [0.2, 0.25) is 0 Å². The summed E-state index contributed by atoms with van der Waals surface area (Å²) < 4.78 is 89.8. The van der Waals surface area contributed by atoms with Crippen molar-refractivity contribution in [3.05, 3.63) is 71.4 Å². The fraction of sp³-hybridized carbons (Fsp3) is 0.240. The van der Waals surface area contributed by atoms with E-state index in [0.717, 1.165) is 12.1 Å². The summed E-state index contributed by atoms with van der Waals surface area (Å²) >= 11 is 0. The van der Waals surface area contributed by atoms with Gasteiger partial charge in [0.05, 0.1) is 30.2 Å². The molecule has 0 spiro atoms. The minimum Gasteiger partial charge on any atom is -0.382 e. The summed E-state index contributed by atoms with van der Waals surface area (Å²) in [6.45, 7) is 2.94. The van der Waals surface area contributed by atoms with E-state index in [9.17, 15) is 22.4 Å². The maximum atomic E-state index is 15.1. The van der Waals surface area contributed by atoms with Crippen LogP contribution in [0.25, 0.3) is 16.6 Å². The van der Waals surface area contributed by atoms with Crippen molar-refractivity contribution in [2.45, 2.75) is 12.7 Å². The van der Waals surface area contributed by atoms with E-state index in [-0.39, 0.29) is 11.4 Å². The Hall–Kier alpha value is -4.37. The molecule has 1 aliphatic heterocycles. The number of nitrogens with two attached hydrogens (primary N) is 1. The predicted molar refractivity (Wildman–Crippen MR) is 133 cm³/mol. The third kappa shape index (κ3) is 5.51. The Morgan fingerprint density at radius 2 is 1.70 bits per heavy atom. The van der Waals surface area contributed by atoms with Gasteiger partial charge in [0, 0.05) is 25.2 Å². The first-order valence-corrected chi connectivity index (χ1v) is 11.9. The molecule has 15 heteroatoms. The van der Waals surface area contributed by atoms with Crippen LogP contribution in [0, 0.1) is 17.5 Å². The van der Waals surface area contributed by atoms with Crippen molar-refractivity contribution < 1.29 is 35.9 Å². The van der Waals surface area contributed by atoms with E-state index in [1.807, 2.05) is 10.6 Å². The van der Waals surface area contributed by atoms with Gasteiger partial charge in [0.15, 0.2) is 5.82 Å². The second-order valence-corrected chi connectivity index (χ2v) is 8.93. The number of rotatable bonds is 5. The van der Waals surface area contributed by atoms with Gasteiger partial charge in [-0.05, 0) is 42.0 Å². The van der Waals surface area contributed by atoms with E-state index in [1.54, 1.807) is 6.07 Å². The molecule has 0 atom stereocenters. The molecular formula is C25H21F6N7O2. The second kappa shape index (κ2) is 10.7. The quantitative estimate of drug-likeness (QED) is 0.298. The molecule has 0 bridgehead atoms. The van der Waals surface area contributed by atoms with Crippen molar-refractivity contribution in [3.63, 3.8) is 0 Å². The first kappa shape index (κ1) is 27.2. The molecule has 2 aromatic carbocycles. The van der Waals surface area contributed by atoms with Crippen molar-refractivity contribution in [2.75, 3.05) is 42.7 Å². The number of hydrogen-bond acceptors (Lipinski definition) is 6. The molecule has 1 saturated heterocycles. The summed E-state index contributed by atoms with van der Waals surface area (Å²) in [5.74, 6) is -3.49. The van der Waals surface area contributed by atoms with Gasteiger partial charge in [-0.3, -0.25) is 4.90 Å². The number of anilines is 3. The SMILES string of the molecule is Nc1ncnn2c(CN3CCOCC3)cc(-c3cc(F)c(NC(=O)Nc4cc(C(F)(F)F)ccc4F)c(F)c3)c12. The van der Waals surface area contributed by atoms with Gasteiger partial charge in [-0.15, -0.1) is 0 Å². The Morgan fingerprint density at radius 1 is 1.00 bits per heavy atom. The Morgan fingerprint density at radius 3 is 2.38 bits per heavy atom. The molecule has 2 aromatic heterocycles. The van der Waals surface area contributed by atoms with Gasteiger partial charge in [-0.25, -0.2) is 27.5 Å². The number of hydrogen-bond donors (Lipinski definition) is 3. The summed E-state index contributed by atoms with van der Waals surface area (Å²) in [7, 11) is 0. The lowest BCUT2D eigenvalue weighted by atomic mass is 10.1. The summed E-state index contributed by atoms with van der Waals surface area (Å²) in [6, 6.07) is 3.59. The Labute approximate surface area is 222 Å². The number of nitrogen functional groups attached to an aromatic ring is 1. The largest absolute Gasteiger partial charge is 0.416 e. The second-order valence-electron chi connectivity index (χ2n) is 8.93. The number of carbonyl (C=O) groups is 1. The van der Waals surface area contributed by atoms with Gasteiger partial charge in [-0.1, -0.05) is 0 Å². The maximum Gasteiger partial charge on any atom is 0.416 e. The van der Waals surface area contributed by atoms with Crippen LogP contribution in [0.5, 0.6) is 0 Å². The summed E-state index contributed by atoms with van der Waals surface area (Å²) in [6.07, 6.45) is -3.54. The van der Waals surface area contributed by atoms with E-state index in [0.29, 0.717) is 67.8 Å². The monoisotopic (exact) mass is 565 g/mol. The van der Waals surface area contributed by atoms with Gasteiger partial charge >= 0.3 is 12.2 Å². The average Bonchev–Trinajstić information content (AvgIpc) is 3.27. The van der Waals surface area contributed by atoms with Crippen LogP contribution in [0.4, 0.5) is 48.3 Å². The molecule has 1 aliphatic rings. The Bertz CT molecular complexity index is 1560. The zero-order valence-electron chi connectivity index (χ0n) is 20.5. The normalized spacial score (nSPS) is 14.4. The number of nitrogens with one attached hydrogen (secondary N) is 2. The molecule has 5 rings (SSSR count). The van der Waals surface area contributed by atoms with Crippen LogP contribution < -0.4 is 16.4 Å². The topological polar surface area (TPSA) is 110 Å². The van der Waals surface area contributed by atoms with Crippen LogP contribution >= 0.6 is 0 Å². The molecule has 40 heavy (non-hydrogen) atoms. The molecule has 210 valence electrons. The molecule has 1 fully saturated rings. The van der Waals surface area contributed by atoms with Crippen LogP contribution in [-0.2, 0) is 17.5 Å². The van der Waals surface area contributed by atoms with Crippen LogP contribution in [-0.4, -0.2) is 51.8 Å². The molecule has 4 N–H and O–H groups in total. The number of fused-ring (bicyclic) bond motifs is 1. The summed E-state index contributed by atoms with van der Waals surface area (Å²) in [5.41, 5.74) is 4.55. The summed E-state index contributed by atoms with van der Waals surface area (Å²) in [4.78, 5) is 18.4. The number of ether oxygens (including phenoxy) is 1. The predicted octanol–water partition coefficient (Wildman–Crippen LogP) is 4.89. The molecule has 3 heterocycles. The highest BCUT2D eigenvalue weighted by Gasteiger charge is 2.31. The van der Waals surface area contributed by atoms with Crippen LogP contribution in [0.1, 0.15) is 11.3 Å². The number of benzene rings is 2. The van der Waals surface area contributed by atoms with Gasteiger partial charge < -0.3 is 21.1 Å². The van der Waals surface area contributed by atoms with Crippen molar-refractivity contribution >= 4 is 28.7 Å². The minimum absolute atomic E-state index is 0.0668. The number of alkyl halides is 3. The molecule has 4 aromatic rings. The lowest BCUT2D eigenvalue weighted by Gasteiger charge is -2.26. The molecule has 0 radical (unpaired) electrons. The first-order valence-electron chi connectivity index (χ1n) is 11.9. The van der Waals surface area contributed by atoms with Gasteiger partial charge in [0.1, 0.15) is 35.0 Å². The number of carbonyl (C=O) groups excluding carboxylic acids is 1. The Kier molecular flexibility index (Phi) is 7.25. The Balaban J connectivity index is 1.42. The highest BCUT2D eigenvalue weighted by atomic mass is 19.4. The standard InChI is InChI=1S/C25H21F6N7O2/c26-17-2-1-14(25(29,30)31)9-20(17)35-24(39)36-21-18(27)7-13(8-19(21)28)16-10-15(11-37-3-5-40-6-4-37)38-22(16)23(32)33-12-34-38/h1-2,7-10,12H,3-6,11H2,(H2,32,33,34)(H2,35,36,39). The highest BCUT2D eigenvalue weighted by molar-refractivity contribution is 6.00. The molecule has 9 nitrogen and oxygen atoms in total. The lowest BCUT2D eigenvalue weighted by Crippen LogP contribution is -2.36. The van der Waals surface area contributed by atoms with Gasteiger partial charge in [0.2, 0.25) is 0 Å². The fourth-order valence-electron chi connectivity index (χ4n) is 4.37. The molecule has 0 unspecified atom stereocenters. The van der Waals surface area contributed by atoms with E-state index in [2.05, 4.69) is 15.0 Å². The fourth-order valence-corrected chi connectivity index (χ4v) is 4.37. The average molecular weight is 565 g/mol. The third-order valence-electron chi connectivity index (χ3n) is 6.28. The smallest absolute Gasteiger partial charge is 0.382 e. The molecule has 2 amide bonds. The number of urea groups is 1. The van der Waals surface area contributed by atoms with E-state index >= 15 is 8.78 Å². The zero-order valence-corrected chi connectivity index (χ0v) is 20.5. The number of nitrogens with zero attached hydrogens (tertiary/aromatic N) is 4. The minimum atomic E-state index is -4.80. The summed E-state index contributed by atoms with van der Waals surface area (Å²) in [5, 5.41) is 7.95. The third-order valence-corrected chi connectivity index (χ3v) is 6.28. The van der Waals surface area contributed by atoms with E-state index in [1.165, 1.54) is 10.8 Å². The van der Waals surface area contributed by atoms with E-state index < -0.39 is 46.6 Å². The van der Waals surface area contributed by atoms with Crippen LogP contribution in [0.3, 0.4) is 0 Å². The first-order chi connectivity index (χ1) is 19.0. The van der Waals surface area contributed by atoms with Gasteiger partial charge in [-0.2, -0.15) is 18.3 Å². The molecular weight excluding hydrogens is 544 g/mol. The number of morpholine rings is 1. The number of halogens is 6. The number of amides is 2. The van der Waals surface area contributed by atoms with Crippen molar-refractivity contribution in [3.8, 4) is 11.1 Å². The van der Waals surface area contributed by atoms with Crippen LogP contribution in [0.15, 0.2) is 42.7 Å². The van der Waals surface area contributed by atoms with Gasteiger partial charge in [0.25, 0.3) is 0 Å². The van der Waals surface area contributed by atoms with Crippen molar-refractivity contribution in [1.29, 1.82) is 0 Å². The van der Waals surface area contributed by atoms with Crippen molar-refractivity contribution in [1.82, 2.24) is 19.5 Å².